The largest absolute Gasteiger partial charge is 0.462 e. The number of nitrogens with one attached hydrogen (secondary N) is 2. The maximum absolute atomic E-state index is 11.3. The van der Waals surface area contributed by atoms with Crippen molar-refractivity contribution < 1.29 is 9.21 Å². The Hall–Kier alpha value is -1.81. The minimum absolute atomic E-state index is 0.0796. The monoisotopic (exact) mass is 204 g/mol. The molecule has 0 aliphatic rings. The zero-order valence-electron chi connectivity index (χ0n) is 8.41. The molecule has 0 atom stereocenters. The summed E-state index contributed by atoms with van der Waals surface area (Å²) in [5, 5.41) is 6.47. The number of fused-ring (bicyclic) bond motifs is 1. The van der Waals surface area contributed by atoms with Gasteiger partial charge in [-0.05, 0) is 19.2 Å². The van der Waals surface area contributed by atoms with Crippen LogP contribution in [0.25, 0.3) is 11.0 Å². The smallest absolute Gasteiger partial charge is 0.238 e. The topological polar surface area (TPSA) is 54.3 Å². The number of hydrogen-bond donors (Lipinski definition) is 2. The van der Waals surface area contributed by atoms with Crippen molar-refractivity contribution in [3.8, 4) is 0 Å². The van der Waals surface area contributed by atoms with E-state index < -0.39 is 0 Å². The zero-order valence-corrected chi connectivity index (χ0v) is 8.41. The lowest BCUT2D eigenvalue weighted by molar-refractivity contribution is -0.115. The lowest BCUT2D eigenvalue weighted by atomic mass is 10.2. The van der Waals surface area contributed by atoms with E-state index in [0.717, 1.165) is 11.0 Å². The Morgan fingerprint density at radius 1 is 1.40 bits per heavy atom. The molecule has 0 aliphatic carbocycles. The van der Waals surface area contributed by atoms with Gasteiger partial charge >= 0.3 is 0 Å². The lowest BCUT2D eigenvalue weighted by Gasteiger charge is -2.01. The third-order valence-corrected chi connectivity index (χ3v) is 2.09. The van der Waals surface area contributed by atoms with Crippen molar-refractivity contribution in [1.29, 1.82) is 0 Å². The fourth-order valence-electron chi connectivity index (χ4n) is 1.43. The molecule has 0 fully saturated rings. The van der Waals surface area contributed by atoms with E-state index in [1.807, 2.05) is 24.3 Å². The highest BCUT2D eigenvalue weighted by atomic mass is 16.3. The van der Waals surface area contributed by atoms with Crippen LogP contribution >= 0.6 is 0 Å². The van der Waals surface area contributed by atoms with Gasteiger partial charge < -0.3 is 15.1 Å². The summed E-state index contributed by atoms with van der Waals surface area (Å²) in [5.41, 5.74) is 1.49. The molecule has 0 saturated heterocycles. The molecule has 1 aromatic carbocycles. The van der Waals surface area contributed by atoms with Gasteiger partial charge in [0.25, 0.3) is 0 Å². The normalized spacial score (nSPS) is 10.5. The zero-order chi connectivity index (χ0) is 10.7. The van der Waals surface area contributed by atoms with E-state index in [0.29, 0.717) is 12.2 Å². The second kappa shape index (κ2) is 4.14. The first kappa shape index (κ1) is 9.73. The number of anilines is 1. The van der Waals surface area contributed by atoms with Crippen LogP contribution in [-0.2, 0) is 4.79 Å². The Morgan fingerprint density at radius 2 is 2.20 bits per heavy atom. The molecule has 4 heteroatoms. The summed E-state index contributed by atoms with van der Waals surface area (Å²) in [4.78, 5) is 11.3. The van der Waals surface area contributed by atoms with Crippen LogP contribution in [0, 0.1) is 0 Å². The molecule has 0 saturated carbocycles. The summed E-state index contributed by atoms with van der Waals surface area (Å²) in [6.07, 6.45) is 1.55. The van der Waals surface area contributed by atoms with Crippen molar-refractivity contribution in [2.45, 2.75) is 0 Å². The molecule has 2 N–H and O–H groups in total. The molecular formula is C11H12N2O2. The molecule has 0 aliphatic heterocycles. The summed E-state index contributed by atoms with van der Waals surface area (Å²) in [7, 11) is 1.73. The number of rotatable bonds is 3. The van der Waals surface area contributed by atoms with Gasteiger partial charge in [-0.3, -0.25) is 4.79 Å². The van der Waals surface area contributed by atoms with E-state index in [9.17, 15) is 4.79 Å². The first-order valence-corrected chi connectivity index (χ1v) is 4.72. The number of carbonyl (C=O) groups is 1. The van der Waals surface area contributed by atoms with Gasteiger partial charge in [0.1, 0.15) is 11.8 Å². The van der Waals surface area contributed by atoms with Crippen molar-refractivity contribution in [3.05, 3.63) is 30.5 Å². The van der Waals surface area contributed by atoms with Crippen molar-refractivity contribution in [3.63, 3.8) is 0 Å². The van der Waals surface area contributed by atoms with Crippen molar-refractivity contribution in [2.24, 2.45) is 0 Å². The molecule has 4 nitrogen and oxygen atoms in total. The lowest BCUT2D eigenvalue weighted by Crippen LogP contribution is -2.24. The molecule has 1 heterocycles. The van der Waals surface area contributed by atoms with E-state index in [-0.39, 0.29) is 5.91 Å². The minimum atomic E-state index is -0.0796. The molecule has 2 rings (SSSR count). The van der Waals surface area contributed by atoms with E-state index in [2.05, 4.69) is 10.6 Å². The Labute approximate surface area is 87.3 Å². The molecule has 0 radical (unpaired) electrons. The molecule has 15 heavy (non-hydrogen) atoms. The maximum Gasteiger partial charge on any atom is 0.238 e. The number of benzene rings is 1. The van der Waals surface area contributed by atoms with Crippen LogP contribution in [0.4, 0.5) is 5.69 Å². The highest BCUT2D eigenvalue weighted by Gasteiger charge is 2.07. The van der Waals surface area contributed by atoms with Crippen LogP contribution in [0.3, 0.4) is 0 Å². The molecule has 78 valence electrons. The van der Waals surface area contributed by atoms with E-state index in [1.54, 1.807) is 13.3 Å². The van der Waals surface area contributed by atoms with E-state index in [1.165, 1.54) is 0 Å². The predicted octanol–water partition coefficient (Wildman–Crippen LogP) is 1.59. The predicted molar refractivity (Wildman–Crippen MR) is 58.8 cm³/mol. The fraction of sp³-hybridized carbons (Fsp3) is 0.182. The molecule has 0 unspecified atom stereocenters. The molecule has 1 amide bonds. The number of amides is 1. The summed E-state index contributed by atoms with van der Waals surface area (Å²) in [5.74, 6) is -0.0796. The Balaban J connectivity index is 2.25. The molecule has 0 bridgehead atoms. The van der Waals surface area contributed by atoms with Gasteiger partial charge in [-0.25, -0.2) is 0 Å². The SMILES string of the molecule is CNCC(=O)Nc1coc2ccccc12. The van der Waals surface area contributed by atoms with Crippen LogP contribution in [0.2, 0.25) is 0 Å². The van der Waals surface area contributed by atoms with E-state index >= 15 is 0 Å². The highest BCUT2D eigenvalue weighted by molar-refractivity contribution is 6.01. The Morgan fingerprint density at radius 3 is 3.00 bits per heavy atom. The number of carbonyl (C=O) groups excluding carboxylic acids is 1. The average Bonchev–Trinajstić information content (AvgIpc) is 2.62. The number of hydrogen-bond acceptors (Lipinski definition) is 3. The second-order valence-electron chi connectivity index (χ2n) is 3.22. The fourth-order valence-corrected chi connectivity index (χ4v) is 1.43. The molecule has 1 aromatic heterocycles. The van der Waals surface area contributed by atoms with Crippen molar-refractivity contribution >= 4 is 22.6 Å². The van der Waals surface area contributed by atoms with Crippen LogP contribution in [0.1, 0.15) is 0 Å². The third-order valence-electron chi connectivity index (χ3n) is 2.09. The standard InChI is InChI=1S/C11H12N2O2/c1-12-6-11(14)13-9-7-15-10-5-3-2-4-8(9)10/h2-5,7,12H,6H2,1H3,(H,13,14). The van der Waals surface area contributed by atoms with Crippen LogP contribution < -0.4 is 10.6 Å². The van der Waals surface area contributed by atoms with Gasteiger partial charge in [-0.2, -0.15) is 0 Å². The van der Waals surface area contributed by atoms with Gasteiger partial charge in [0, 0.05) is 5.39 Å². The Kier molecular flexibility index (Phi) is 2.69. The Bertz CT molecular complexity index is 476. The highest BCUT2D eigenvalue weighted by Crippen LogP contribution is 2.24. The number of likely N-dealkylation sites (N-methyl/N-ethyl adjacent to an activating group) is 1. The number of para-hydroxylation sites is 1. The van der Waals surface area contributed by atoms with Crippen molar-refractivity contribution in [2.75, 3.05) is 18.9 Å². The van der Waals surface area contributed by atoms with Gasteiger partial charge in [0.05, 0.1) is 12.2 Å². The maximum atomic E-state index is 11.3. The average molecular weight is 204 g/mol. The first-order valence-electron chi connectivity index (χ1n) is 4.72. The van der Waals surface area contributed by atoms with Crippen LogP contribution in [0.5, 0.6) is 0 Å². The van der Waals surface area contributed by atoms with Gasteiger partial charge in [-0.15, -0.1) is 0 Å². The summed E-state index contributed by atoms with van der Waals surface area (Å²) >= 11 is 0. The van der Waals surface area contributed by atoms with Gasteiger partial charge in [0.2, 0.25) is 5.91 Å². The van der Waals surface area contributed by atoms with Gasteiger partial charge in [0.15, 0.2) is 0 Å². The third kappa shape index (κ3) is 1.99. The quantitative estimate of drug-likeness (QED) is 0.798. The summed E-state index contributed by atoms with van der Waals surface area (Å²) < 4.78 is 5.29. The van der Waals surface area contributed by atoms with Crippen molar-refractivity contribution in [1.82, 2.24) is 5.32 Å². The second-order valence-corrected chi connectivity index (χ2v) is 3.22. The van der Waals surface area contributed by atoms with Crippen LogP contribution in [-0.4, -0.2) is 19.5 Å². The van der Waals surface area contributed by atoms with Crippen LogP contribution in [0.15, 0.2) is 34.9 Å². The first-order chi connectivity index (χ1) is 7.31. The summed E-state index contributed by atoms with van der Waals surface area (Å²) in [6, 6.07) is 7.58. The molecule has 2 aromatic rings. The minimum Gasteiger partial charge on any atom is -0.462 e. The summed E-state index contributed by atoms with van der Waals surface area (Å²) in [6.45, 7) is 0.291. The van der Waals surface area contributed by atoms with E-state index in [4.69, 9.17) is 4.42 Å². The molecular weight excluding hydrogens is 192 g/mol. The van der Waals surface area contributed by atoms with Gasteiger partial charge in [-0.1, -0.05) is 12.1 Å². The molecule has 0 spiro atoms. The number of furan rings is 1.